The van der Waals surface area contributed by atoms with Crippen molar-refractivity contribution >= 4 is 17.5 Å². The summed E-state index contributed by atoms with van der Waals surface area (Å²) in [7, 11) is 3.34. The molecule has 0 radical (unpaired) electrons. The van der Waals surface area contributed by atoms with E-state index in [9.17, 15) is 4.79 Å². The zero-order chi connectivity index (χ0) is 18.4. The second-order valence-corrected chi connectivity index (χ2v) is 6.79. The third-order valence-corrected chi connectivity index (χ3v) is 3.91. The van der Waals surface area contributed by atoms with E-state index in [1.807, 2.05) is 24.3 Å². The predicted molar refractivity (Wildman–Crippen MR) is 101 cm³/mol. The lowest BCUT2D eigenvalue weighted by Gasteiger charge is -2.19. The topological polar surface area (TPSA) is 38.8 Å². The quantitative estimate of drug-likeness (QED) is 0.720. The monoisotopic (exact) mass is 361 g/mol. The number of hydrogen-bond acceptors (Lipinski definition) is 3. The van der Waals surface area contributed by atoms with E-state index in [4.69, 9.17) is 21.1 Å². The molecule has 0 heterocycles. The first-order chi connectivity index (χ1) is 11.9. The fourth-order valence-corrected chi connectivity index (χ4v) is 2.46. The van der Waals surface area contributed by atoms with Crippen LogP contribution < -0.4 is 9.47 Å². The second kappa shape index (κ2) is 8.77. The molecule has 0 aromatic heterocycles. The van der Waals surface area contributed by atoms with Gasteiger partial charge in [0.1, 0.15) is 0 Å². The molecule has 0 aliphatic rings. The molecule has 0 unspecified atom stereocenters. The molecule has 0 aliphatic carbocycles. The molecule has 0 saturated carbocycles. The average Bonchev–Trinajstić information content (AvgIpc) is 2.61. The third kappa shape index (κ3) is 5.40. The Morgan fingerprint density at radius 2 is 1.80 bits per heavy atom. The van der Waals surface area contributed by atoms with E-state index in [-0.39, 0.29) is 5.91 Å². The number of ether oxygens (including phenoxy) is 2. The van der Waals surface area contributed by atoms with Crippen LogP contribution in [0.5, 0.6) is 11.5 Å². The summed E-state index contributed by atoms with van der Waals surface area (Å²) in [4.78, 5) is 14.3. The molecule has 0 bridgehead atoms. The van der Waals surface area contributed by atoms with Crippen LogP contribution in [0.2, 0.25) is 5.02 Å². The summed E-state index contributed by atoms with van der Waals surface area (Å²) in [6.07, 6.45) is 0. The van der Waals surface area contributed by atoms with Crippen molar-refractivity contribution in [1.29, 1.82) is 0 Å². The summed E-state index contributed by atoms with van der Waals surface area (Å²) in [6.45, 7) is 5.26. The Morgan fingerprint density at radius 1 is 1.12 bits per heavy atom. The number of carbonyl (C=O) groups is 1. The highest BCUT2D eigenvalue weighted by Gasteiger charge is 2.15. The zero-order valence-electron chi connectivity index (χ0n) is 15.1. The largest absolute Gasteiger partial charge is 0.493 e. The molecule has 0 aliphatic heterocycles. The summed E-state index contributed by atoms with van der Waals surface area (Å²) < 4.78 is 11.1. The molecule has 0 spiro atoms. The molecule has 134 valence electrons. The van der Waals surface area contributed by atoms with Gasteiger partial charge in [-0.1, -0.05) is 37.6 Å². The number of amides is 1. The highest BCUT2D eigenvalue weighted by atomic mass is 35.5. The lowest BCUT2D eigenvalue weighted by Crippen LogP contribution is -2.26. The van der Waals surface area contributed by atoms with Gasteiger partial charge in [-0.25, -0.2) is 0 Å². The van der Waals surface area contributed by atoms with Gasteiger partial charge in [0, 0.05) is 24.2 Å². The van der Waals surface area contributed by atoms with Crippen molar-refractivity contribution in [2.75, 3.05) is 20.8 Å². The van der Waals surface area contributed by atoms with Crippen molar-refractivity contribution < 1.29 is 14.3 Å². The summed E-state index contributed by atoms with van der Waals surface area (Å²) in [5.74, 6) is 1.54. The minimum Gasteiger partial charge on any atom is -0.493 e. The predicted octanol–water partition coefficient (Wildman–Crippen LogP) is 4.66. The molecule has 2 rings (SSSR count). The van der Waals surface area contributed by atoms with E-state index in [0.29, 0.717) is 41.2 Å². The molecule has 2 aromatic rings. The number of rotatable bonds is 7. The lowest BCUT2D eigenvalue weighted by atomic mass is 10.1. The van der Waals surface area contributed by atoms with E-state index in [2.05, 4.69) is 13.8 Å². The Bertz CT molecular complexity index is 713. The highest BCUT2D eigenvalue weighted by molar-refractivity contribution is 6.30. The van der Waals surface area contributed by atoms with Gasteiger partial charge >= 0.3 is 0 Å². The fraction of sp³-hybridized carbons (Fsp3) is 0.350. The van der Waals surface area contributed by atoms with Gasteiger partial charge in [0.25, 0.3) is 5.91 Å². The molecule has 4 nitrogen and oxygen atoms in total. The van der Waals surface area contributed by atoms with Gasteiger partial charge in [-0.05, 0) is 41.8 Å². The summed E-state index contributed by atoms with van der Waals surface area (Å²) >= 11 is 5.89. The third-order valence-electron chi connectivity index (χ3n) is 3.66. The number of methoxy groups -OCH3 is 1. The molecular weight excluding hydrogens is 338 g/mol. The van der Waals surface area contributed by atoms with Gasteiger partial charge in [-0.15, -0.1) is 0 Å². The Balaban J connectivity index is 2.10. The standard InChI is InChI=1S/C20H24ClNO3/c1-14(2)13-25-18-10-7-16(11-19(18)24-4)20(23)22(3)12-15-5-8-17(21)9-6-15/h5-11,14H,12-13H2,1-4H3. The minimum atomic E-state index is -0.0799. The highest BCUT2D eigenvalue weighted by Crippen LogP contribution is 2.29. The summed E-state index contributed by atoms with van der Waals surface area (Å²) in [6, 6.07) is 12.7. The molecule has 2 aromatic carbocycles. The normalized spacial score (nSPS) is 10.6. The van der Waals surface area contributed by atoms with Crippen LogP contribution in [0.4, 0.5) is 0 Å². The Kier molecular flexibility index (Phi) is 6.71. The second-order valence-electron chi connectivity index (χ2n) is 6.36. The number of nitrogens with zero attached hydrogens (tertiary/aromatic N) is 1. The van der Waals surface area contributed by atoms with Crippen LogP contribution in [0, 0.1) is 5.92 Å². The smallest absolute Gasteiger partial charge is 0.254 e. The maximum Gasteiger partial charge on any atom is 0.254 e. The Labute approximate surface area is 154 Å². The zero-order valence-corrected chi connectivity index (χ0v) is 15.8. The van der Waals surface area contributed by atoms with Gasteiger partial charge in [0.15, 0.2) is 11.5 Å². The first-order valence-electron chi connectivity index (χ1n) is 8.21. The first kappa shape index (κ1) is 19.1. The van der Waals surface area contributed by atoms with Crippen molar-refractivity contribution in [3.05, 3.63) is 58.6 Å². The molecule has 0 fully saturated rings. The first-order valence-corrected chi connectivity index (χ1v) is 8.59. The molecule has 25 heavy (non-hydrogen) atoms. The van der Waals surface area contributed by atoms with Crippen LogP contribution in [0.3, 0.4) is 0 Å². The van der Waals surface area contributed by atoms with Crippen LogP contribution in [0.1, 0.15) is 29.8 Å². The van der Waals surface area contributed by atoms with Crippen molar-refractivity contribution in [2.45, 2.75) is 20.4 Å². The number of hydrogen-bond donors (Lipinski definition) is 0. The van der Waals surface area contributed by atoms with Crippen LogP contribution in [0.25, 0.3) is 0 Å². The van der Waals surface area contributed by atoms with Crippen LogP contribution >= 0.6 is 11.6 Å². The van der Waals surface area contributed by atoms with E-state index < -0.39 is 0 Å². The molecule has 0 atom stereocenters. The van der Waals surface area contributed by atoms with Crippen molar-refractivity contribution in [2.24, 2.45) is 5.92 Å². The van der Waals surface area contributed by atoms with E-state index in [1.165, 1.54) is 0 Å². The van der Waals surface area contributed by atoms with Crippen LogP contribution in [-0.2, 0) is 6.54 Å². The van der Waals surface area contributed by atoms with E-state index >= 15 is 0 Å². The number of carbonyl (C=O) groups excluding carboxylic acids is 1. The summed E-state index contributed by atoms with van der Waals surface area (Å²) in [5.41, 5.74) is 1.58. The van der Waals surface area contributed by atoms with E-state index in [1.54, 1.807) is 37.3 Å². The molecule has 1 amide bonds. The number of benzene rings is 2. The van der Waals surface area contributed by atoms with Gasteiger partial charge < -0.3 is 14.4 Å². The maximum atomic E-state index is 12.7. The van der Waals surface area contributed by atoms with Gasteiger partial charge in [0.2, 0.25) is 0 Å². The summed E-state index contributed by atoms with van der Waals surface area (Å²) in [5, 5.41) is 0.680. The van der Waals surface area contributed by atoms with Crippen LogP contribution in [-0.4, -0.2) is 31.6 Å². The van der Waals surface area contributed by atoms with Crippen molar-refractivity contribution in [3.8, 4) is 11.5 Å². The minimum absolute atomic E-state index is 0.0799. The molecule has 5 heteroatoms. The average molecular weight is 362 g/mol. The number of halogens is 1. The molecule has 0 saturated heterocycles. The molecule has 0 N–H and O–H groups in total. The van der Waals surface area contributed by atoms with Gasteiger partial charge in [-0.2, -0.15) is 0 Å². The van der Waals surface area contributed by atoms with Crippen molar-refractivity contribution in [3.63, 3.8) is 0 Å². The Hall–Kier alpha value is -2.20. The van der Waals surface area contributed by atoms with Gasteiger partial charge in [-0.3, -0.25) is 4.79 Å². The Morgan fingerprint density at radius 3 is 2.40 bits per heavy atom. The van der Waals surface area contributed by atoms with Gasteiger partial charge in [0.05, 0.1) is 13.7 Å². The van der Waals surface area contributed by atoms with Crippen molar-refractivity contribution in [1.82, 2.24) is 4.90 Å². The lowest BCUT2D eigenvalue weighted by molar-refractivity contribution is 0.0784. The SMILES string of the molecule is COc1cc(C(=O)N(C)Cc2ccc(Cl)cc2)ccc1OCC(C)C. The fourth-order valence-electron chi connectivity index (χ4n) is 2.33. The van der Waals surface area contributed by atoms with E-state index in [0.717, 1.165) is 5.56 Å². The van der Waals surface area contributed by atoms with Crippen LogP contribution in [0.15, 0.2) is 42.5 Å². The molecular formula is C20H24ClNO3. The maximum absolute atomic E-state index is 12.7.